The molecule has 1 amide bonds. The first kappa shape index (κ1) is 17.3. The average Bonchev–Trinajstić information content (AvgIpc) is 3.54. The molecule has 2 saturated carbocycles. The van der Waals surface area contributed by atoms with Crippen LogP contribution in [-0.2, 0) is 10.2 Å². The molecule has 3 N–H and O–H groups in total. The van der Waals surface area contributed by atoms with E-state index >= 15 is 0 Å². The highest BCUT2D eigenvalue weighted by molar-refractivity contribution is 6.05. The van der Waals surface area contributed by atoms with E-state index in [1.807, 2.05) is 0 Å². The Hall–Kier alpha value is -3.16. The van der Waals surface area contributed by atoms with E-state index in [4.69, 9.17) is 5.73 Å². The SMILES string of the molecule is NC(/C=C\Nc1cncc(F)c1)=NC(=O)C1(c2ncccc2F)CC12CC2. The molecule has 1 atom stereocenters. The zero-order valence-electron chi connectivity index (χ0n) is 14.3. The fourth-order valence-corrected chi connectivity index (χ4v) is 3.62. The monoisotopic (exact) mass is 369 g/mol. The zero-order valence-corrected chi connectivity index (χ0v) is 14.3. The number of amides is 1. The number of hydrogen-bond donors (Lipinski definition) is 2. The third-order valence-corrected chi connectivity index (χ3v) is 5.20. The minimum Gasteiger partial charge on any atom is -0.384 e. The number of nitrogens with two attached hydrogens (primary N) is 1. The number of hydrogen-bond acceptors (Lipinski definition) is 4. The first-order valence-electron chi connectivity index (χ1n) is 8.50. The van der Waals surface area contributed by atoms with Crippen molar-refractivity contribution in [2.75, 3.05) is 5.32 Å². The molecule has 6 nitrogen and oxygen atoms in total. The second-order valence-corrected chi connectivity index (χ2v) is 6.91. The van der Waals surface area contributed by atoms with Crippen LogP contribution in [0.15, 0.2) is 54.1 Å². The van der Waals surface area contributed by atoms with Gasteiger partial charge < -0.3 is 11.1 Å². The van der Waals surface area contributed by atoms with Crippen LogP contribution >= 0.6 is 0 Å². The molecule has 2 aliphatic rings. The maximum absolute atomic E-state index is 14.3. The third-order valence-electron chi connectivity index (χ3n) is 5.20. The molecule has 27 heavy (non-hydrogen) atoms. The number of halogens is 2. The van der Waals surface area contributed by atoms with E-state index in [1.165, 1.54) is 42.9 Å². The summed E-state index contributed by atoms with van der Waals surface area (Å²) in [6, 6.07) is 4.05. The van der Waals surface area contributed by atoms with Crippen molar-refractivity contribution >= 4 is 17.4 Å². The Balaban J connectivity index is 1.51. The van der Waals surface area contributed by atoms with Gasteiger partial charge in [-0.25, -0.2) is 8.78 Å². The lowest BCUT2D eigenvalue weighted by Gasteiger charge is -2.13. The minimum atomic E-state index is -1.02. The second-order valence-electron chi connectivity index (χ2n) is 6.91. The Labute approximate surface area is 154 Å². The Morgan fingerprint density at radius 2 is 2.15 bits per heavy atom. The molecule has 2 fully saturated rings. The van der Waals surface area contributed by atoms with Crippen LogP contribution < -0.4 is 11.1 Å². The molecule has 2 aromatic heterocycles. The van der Waals surface area contributed by atoms with Crippen molar-refractivity contribution in [2.24, 2.45) is 16.1 Å². The van der Waals surface area contributed by atoms with Gasteiger partial charge in [0.2, 0.25) is 0 Å². The largest absolute Gasteiger partial charge is 0.384 e. The molecule has 138 valence electrons. The van der Waals surface area contributed by atoms with Gasteiger partial charge in [-0.15, -0.1) is 0 Å². The van der Waals surface area contributed by atoms with E-state index in [0.29, 0.717) is 12.1 Å². The van der Waals surface area contributed by atoms with Gasteiger partial charge in [0.25, 0.3) is 5.91 Å². The topological polar surface area (TPSA) is 93.3 Å². The van der Waals surface area contributed by atoms with Crippen LogP contribution in [-0.4, -0.2) is 21.7 Å². The predicted octanol–water partition coefficient (Wildman–Crippen LogP) is 2.69. The number of aromatic nitrogens is 2. The summed E-state index contributed by atoms with van der Waals surface area (Å²) in [4.78, 5) is 24.6. The second kappa shape index (κ2) is 6.22. The lowest BCUT2D eigenvalue weighted by molar-refractivity contribution is -0.120. The molecule has 2 aliphatic carbocycles. The summed E-state index contributed by atoms with van der Waals surface area (Å²) in [5, 5.41) is 2.79. The number of carbonyl (C=O) groups is 1. The van der Waals surface area contributed by atoms with Gasteiger partial charge >= 0.3 is 0 Å². The Morgan fingerprint density at radius 3 is 2.81 bits per heavy atom. The lowest BCUT2D eigenvalue weighted by atomic mass is 9.95. The molecular weight excluding hydrogens is 352 g/mol. The maximum atomic E-state index is 14.3. The summed E-state index contributed by atoms with van der Waals surface area (Å²) in [6.45, 7) is 0. The zero-order chi connectivity index (χ0) is 19.1. The van der Waals surface area contributed by atoms with Gasteiger partial charge in [-0.2, -0.15) is 4.99 Å². The molecule has 8 heteroatoms. The Bertz CT molecular complexity index is 970. The van der Waals surface area contributed by atoms with Crippen molar-refractivity contribution in [2.45, 2.75) is 24.7 Å². The van der Waals surface area contributed by atoms with E-state index in [-0.39, 0.29) is 16.9 Å². The van der Waals surface area contributed by atoms with Gasteiger partial charge in [0, 0.05) is 18.5 Å². The highest BCUT2D eigenvalue weighted by Crippen LogP contribution is 2.79. The lowest BCUT2D eigenvalue weighted by Crippen LogP contribution is -2.27. The van der Waals surface area contributed by atoms with Gasteiger partial charge in [-0.05, 0) is 42.9 Å². The number of aliphatic imine (C=N–C) groups is 1. The summed E-state index contributed by atoms with van der Waals surface area (Å²) in [5.74, 6) is -1.49. The smallest absolute Gasteiger partial charge is 0.260 e. The molecule has 4 rings (SSSR count). The molecule has 0 aliphatic heterocycles. The van der Waals surface area contributed by atoms with Crippen molar-refractivity contribution in [3.8, 4) is 0 Å². The Morgan fingerprint density at radius 1 is 1.33 bits per heavy atom. The van der Waals surface area contributed by atoms with Gasteiger partial charge in [-0.1, -0.05) is 0 Å². The van der Waals surface area contributed by atoms with Crippen LogP contribution in [0.25, 0.3) is 0 Å². The van der Waals surface area contributed by atoms with E-state index in [9.17, 15) is 13.6 Å². The van der Waals surface area contributed by atoms with E-state index in [1.54, 1.807) is 0 Å². The van der Waals surface area contributed by atoms with Crippen molar-refractivity contribution in [3.63, 3.8) is 0 Å². The molecule has 1 spiro atoms. The predicted molar refractivity (Wildman–Crippen MR) is 95.7 cm³/mol. The number of carbonyl (C=O) groups excluding carboxylic acids is 1. The van der Waals surface area contributed by atoms with Crippen LogP contribution in [0.4, 0.5) is 14.5 Å². The molecule has 2 heterocycles. The van der Waals surface area contributed by atoms with Gasteiger partial charge in [-0.3, -0.25) is 14.8 Å². The van der Waals surface area contributed by atoms with Crippen molar-refractivity contribution in [1.82, 2.24) is 9.97 Å². The number of pyridine rings is 2. The number of anilines is 1. The molecule has 0 bridgehead atoms. The van der Waals surface area contributed by atoms with E-state index < -0.39 is 23.0 Å². The number of nitrogens with zero attached hydrogens (tertiary/aromatic N) is 3. The van der Waals surface area contributed by atoms with Gasteiger partial charge in [0.05, 0.1) is 23.8 Å². The van der Waals surface area contributed by atoms with Crippen LogP contribution in [0.2, 0.25) is 0 Å². The maximum Gasteiger partial charge on any atom is 0.260 e. The molecule has 0 saturated heterocycles. The van der Waals surface area contributed by atoms with Gasteiger partial charge in [0.1, 0.15) is 22.9 Å². The van der Waals surface area contributed by atoms with Crippen LogP contribution in [0, 0.1) is 17.0 Å². The fraction of sp³-hybridized carbons (Fsp3) is 0.263. The quantitative estimate of drug-likeness (QED) is 0.624. The van der Waals surface area contributed by atoms with Crippen molar-refractivity contribution < 1.29 is 13.6 Å². The van der Waals surface area contributed by atoms with Crippen LogP contribution in [0.1, 0.15) is 25.0 Å². The number of amidine groups is 1. The summed E-state index contributed by atoms with van der Waals surface area (Å²) in [7, 11) is 0. The fourth-order valence-electron chi connectivity index (χ4n) is 3.62. The van der Waals surface area contributed by atoms with Crippen molar-refractivity contribution in [3.05, 3.63) is 66.4 Å². The first-order valence-corrected chi connectivity index (χ1v) is 8.50. The minimum absolute atomic E-state index is 0.0322. The number of nitrogens with one attached hydrogen (secondary N) is 1. The highest BCUT2D eigenvalue weighted by atomic mass is 19.1. The van der Waals surface area contributed by atoms with Crippen molar-refractivity contribution in [1.29, 1.82) is 0 Å². The average molecular weight is 369 g/mol. The Kier molecular flexibility index (Phi) is 3.98. The molecule has 2 aromatic rings. The van der Waals surface area contributed by atoms with E-state index in [0.717, 1.165) is 19.0 Å². The van der Waals surface area contributed by atoms with Crippen LogP contribution in [0.3, 0.4) is 0 Å². The van der Waals surface area contributed by atoms with Gasteiger partial charge in [0.15, 0.2) is 0 Å². The summed E-state index contributed by atoms with van der Waals surface area (Å²) in [5.41, 5.74) is 5.15. The van der Waals surface area contributed by atoms with E-state index in [2.05, 4.69) is 20.3 Å². The molecular formula is C19H17F2N5O. The summed E-state index contributed by atoms with van der Waals surface area (Å²) in [6.07, 6.45) is 9.06. The molecule has 1 unspecified atom stereocenters. The summed E-state index contributed by atoms with van der Waals surface area (Å²) < 4.78 is 27.3. The standard InChI is InChI=1S/C19H17F2N5O/c20-12-8-13(10-23-9-12)24-7-3-15(22)26-17(27)19(11-18(19)4-5-18)16-14(21)2-1-6-25-16/h1-3,6-10,24H,4-5,11H2,(H2,22,26,27)/b7-3-. The summed E-state index contributed by atoms with van der Waals surface area (Å²) >= 11 is 0. The molecule has 0 aromatic carbocycles. The highest BCUT2D eigenvalue weighted by Gasteiger charge is 2.79. The van der Waals surface area contributed by atoms with Crippen LogP contribution in [0.5, 0.6) is 0 Å². The first-order chi connectivity index (χ1) is 13.0. The molecule has 0 radical (unpaired) electrons. The third kappa shape index (κ3) is 2.97. The number of rotatable bonds is 5. The normalized spacial score (nSPS) is 22.8.